The second kappa shape index (κ2) is 4.08. The van der Waals surface area contributed by atoms with Crippen LogP contribution >= 0.6 is 34.5 Å². The molecule has 0 aliphatic rings. The van der Waals surface area contributed by atoms with Crippen LogP contribution in [0.25, 0.3) is 0 Å². The molecule has 0 saturated carbocycles. The van der Waals surface area contributed by atoms with E-state index in [2.05, 4.69) is 10.2 Å². The Bertz CT molecular complexity index is 387. The number of rotatable bonds is 3. The molecular formula is C5H6Cl2N2O2S2. The molecule has 0 N–H and O–H groups in total. The monoisotopic (exact) mass is 260 g/mol. The molecule has 0 saturated heterocycles. The van der Waals surface area contributed by atoms with Crippen LogP contribution in [0.1, 0.15) is 16.8 Å². The van der Waals surface area contributed by atoms with Gasteiger partial charge in [0.05, 0.1) is 5.75 Å². The van der Waals surface area contributed by atoms with Crippen molar-refractivity contribution in [3.63, 3.8) is 0 Å². The van der Waals surface area contributed by atoms with Gasteiger partial charge in [-0.05, 0) is 0 Å². The maximum Gasteiger partial charge on any atom is 0.232 e. The van der Waals surface area contributed by atoms with E-state index in [1.54, 1.807) is 0 Å². The molecule has 1 heterocycles. The average Bonchev–Trinajstić information content (AvgIpc) is 2.52. The van der Waals surface area contributed by atoms with Crippen LogP contribution in [0.3, 0.4) is 0 Å². The summed E-state index contributed by atoms with van der Waals surface area (Å²) in [6.45, 7) is 1.54. The second-order valence-electron chi connectivity index (χ2n) is 2.11. The van der Waals surface area contributed by atoms with Crippen LogP contribution in [0.5, 0.6) is 0 Å². The minimum atomic E-state index is -3.28. The summed E-state index contributed by atoms with van der Waals surface area (Å²) >= 11 is 11.9. The Hall–Kier alpha value is 0.0900. The third-order valence-corrected chi connectivity index (χ3v) is 5.10. The van der Waals surface area contributed by atoms with E-state index in [9.17, 15) is 8.42 Å². The van der Waals surface area contributed by atoms with Crippen molar-refractivity contribution in [1.29, 1.82) is 0 Å². The zero-order chi connectivity index (χ0) is 10.1. The Morgan fingerprint density at radius 1 is 1.46 bits per heavy atom. The van der Waals surface area contributed by atoms with Gasteiger partial charge in [0.25, 0.3) is 0 Å². The van der Waals surface area contributed by atoms with Crippen molar-refractivity contribution in [3.8, 4) is 0 Å². The van der Waals surface area contributed by atoms with E-state index < -0.39 is 14.7 Å². The normalized spacial score (nSPS) is 12.3. The number of hydrogen-bond donors (Lipinski definition) is 0. The van der Waals surface area contributed by atoms with E-state index in [0.29, 0.717) is 5.01 Å². The standard InChI is InChI=1S/C5H6Cl2N2O2S2/c1-2-13(10,11)5-9-8-4(12-5)3(6)7/h3H,2H2,1H3. The third-order valence-electron chi connectivity index (χ3n) is 1.25. The van der Waals surface area contributed by atoms with Crippen LogP contribution in [0.4, 0.5) is 0 Å². The molecule has 0 spiro atoms. The van der Waals surface area contributed by atoms with Gasteiger partial charge in [0.15, 0.2) is 9.84 Å². The van der Waals surface area contributed by atoms with Gasteiger partial charge < -0.3 is 0 Å². The van der Waals surface area contributed by atoms with Crippen molar-refractivity contribution in [2.24, 2.45) is 0 Å². The van der Waals surface area contributed by atoms with E-state index >= 15 is 0 Å². The molecule has 0 amide bonds. The highest BCUT2D eigenvalue weighted by molar-refractivity contribution is 7.93. The van der Waals surface area contributed by atoms with Gasteiger partial charge in [0.2, 0.25) is 14.2 Å². The first kappa shape index (κ1) is 11.2. The van der Waals surface area contributed by atoms with E-state index in [-0.39, 0.29) is 10.1 Å². The molecule has 0 radical (unpaired) electrons. The number of sulfone groups is 1. The summed E-state index contributed by atoms with van der Waals surface area (Å²) in [5, 5.41) is 7.35. The first-order chi connectivity index (χ1) is 5.97. The Morgan fingerprint density at radius 2 is 2.08 bits per heavy atom. The Kier molecular flexibility index (Phi) is 3.50. The van der Waals surface area contributed by atoms with Gasteiger partial charge in [-0.1, -0.05) is 41.5 Å². The van der Waals surface area contributed by atoms with Gasteiger partial charge in [-0.15, -0.1) is 10.2 Å². The summed E-state index contributed by atoms with van der Waals surface area (Å²) in [6, 6.07) is 0. The van der Waals surface area contributed by atoms with E-state index in [4.69, 9.17) is 23.2 Å². The van der Waals surface area contributed by atoms with Gasteiger partial charge in [-0.25, -0.2) is 8.42 Å². The maximum atomic E-state index is 11.3. The highest BCUT2D eigenvalue weighted by atomic mass is 35.5. The lowest BCUT2D eigenvalue weighted by Crippen LogP contribution is -2.02. The van der Waals surface area contributed by atoms with Gasteiger partial charge in [0, 0.05) is 0 Å². The lowest BCUT2D eigenvalue weighted by Gasteiger charge is -1.91. The fourth-order valence-corrected chi connectivity index (χ4v) is 2.87. The third kappa shape index (κ3) is 2.52. The molecule has 13 heavy (non-hydrogen) atoms. The largest absolute Gasteiger partial charge is 0.232 e. The summed E-state index contributed by atoms with van der Waals surface area (Å²) < 4.78 is 22.5. The summed E-state index contributed by atoms with van der Waals surface area (Å²) in [6.07, 6.45) is 0. The SMILES string of the molecule is CCS(=O)(=O)c1nnc(C(Cl)Cl)s1. The van der Waals surface area contributed by atoms with Gasteiger partial charge >= 0.3 is 0 Å². The lowest BCUT2D eigenvalue weighted by molar-refractivity contribution is 0.595. The number of nitrogens with zero attached hydrogens (tertiary/aromatic N) is 2. The number of aromatic nitrogens is 2. The fraction of sp³-hybridized carbons (Fsp3) is 0.600. The molecule has 0 aromatic carbocycles. The second-order valence-corrected chi connectivity index (χ2v) is 6.67. The highest BCUT2D eigenvalue weighted by Gasteiger charge is 2.19. The van der Waals surface area contributed by atoms with Crippen LogP contribution in [0.15, 0.2) is 4.34 Å². The molecule has 1 rings (SSSR count). The molecule has 1 aromatic heterocycles. The van der Waals surface area contributed by atoms with E-state index in [1.165, 1.54) is 6.92 Å². The predicted molar refractivity (Wildman–Crippen MR) is 52.1 cm³/mol. The summed E-state index contributed by atoms with van der Waals surface area (Å²) in [4.78, 5) is -0.821. The summed E-state index contributed by atoms with van der Waals surface area (Å²) in [7, 11) is -3.28. The van der Waals surface area contributed by atoms with Crippen molar-refractivity contribution in [1.82, 2.24) is 10.2 Å². The van der Waals surface area contributed by atoms with Gasteiger partial charge in [0.1, 0.15) is 0 Å². The molecule has 74 valence electrons. The molecule has 4 nitrogen and oxygen atoms in total. The molecule has 0 aliphatic heterocycles. The maximum absolute atomic E-state index is 11.3. The Labute approximate surface area is 89.8 Å². The van der Waals surface area contributed by atoms with Crippen LogP contribution in [-0.4, -0.2) is 24.4 Å². The van der Waals surface area contributed by atoms with Crippen molar-refractivity contribution in [2.75, 3.05) is 5.75 Å². The van der Waals surface area contributed by atoms with Crippen LogP contribution in [0, 0.1) is 0 Å². The average molecular weight is 261 g/mol. The Balaban J connectivity index is 3.06. The van der Waals surface area contributed by atoms with E-state index in [0.717, 1.165) is 11.3 Å². The van der Waals surface area contributed by atoms with E-state index in [1.807, 2.05) is 0 Å². The molecule has 0 atom stereocenters. The molecule has 0 aliphatic carbocycles. The zero-order valence-electron chi connectivity index (χ0n) is 6.57. The molecule has 8 heteroatoms. The topological polar surface area (TPSA) is 59.9 Å². The van der Waals surface area contributed by atoms with Crippen molar-refractivity contribution >= 4 is 44.4 Å². The molecule has 0 bridgehead atoms. The molecule has 1 aromatic rings. The van der Waals surface area contributed by atoms with Crippen LogP contribution in [0.2, 0.25) is 0 Å². The zero-order valence-corrected chi connectivity index (χ0v) is 9.71. The van der Waals surface area contributed by atoms with Crippen molar-refractivity contribution in [3.05, 3.63) is 5.01 Å². The first-order valence-corrected chi connectivity index (χ1v) is 6.66. The first-order valence-electron chi connectivity index (χ1n) is 3.31. The molecular weight excluding hydrogens is 255 g/mol. The van der Waals surface area contributed by atoms with Gasteiger partial charge in [-0.2, -0.15) is 0 Å². The number of halogens is 2. The fourth-order valence-electron chi connectivity index (χ4n) is 0.558. The summed E-state index contributed by atoms with van der Waals surface area (Å²) in [5.74, 6) is -0.00310. The number of alkyl halides is 2. The Morgan fingerprint density at radius 3 is 2.46 bits per heavy atom. The van der Waals surface area contributed by atoms with Crippen molar-refractivity contribution < 1.29 is 8.42 Å². The minimum absolute atomic E-state index is 0.00310. The summed E-state index contributed by atoms with van der Waals surface area (Å²) in [5.41, 5.74) is 0. The van der Waals surface area contributed by atoms with Crippen LogP contribution in [-0.2, 0) is 9.84 Å². The smallest absolute Gasteiger partial charge is 0.221 e. The quantitative estimate of drug-likeness (QED) is 0.778. The lowest BCUT2D eigenvalue weighted by atomic mass is 10.8. The predicted octanol–water partition coefficient (Wildman–Crippen LogP) is 1.81. The number of hydrogen-bond acceptors (Lipinski definition) is 5. The highest BCUT2D eigenvalue weighted by Crippen LogP contribution is 2.29. The van der Waals surface area contributed by atoms with Crippen molar-refractivity contribution in [2.45, 2.75) is 16.1 Å². The minimum Gasteiger partial charge on any atom is -0.221 e. The van der Waals surface area contributed by atoms with Gasteiger partial charge in [-0.3, -0.25) is 0 Å². The molecule has 0 unspecified atom stereocenters. The molecule has 0 fully saturated rings. The van der Waals surface area contributed by atoms with Crippen LogP contribution < -0.4 is 0 Å².